The zero-order valence-corrected chi connectivity index (χ0v) is 13.7. The van der Waals surface area contributed by atoms with Crippen molar-refractivity contribution < 1.29 is 4.74 Å². The molecule has 0 spiro atoms. The number of rotatable bonds is 5. The summed E-state index contributed by atoms with van der Waals surface area (Å²) in [5.41, 5.74) is 6.72. The minimum absolute atomic E-state index is 0.317. The van der Waals surface area contributed by atoms with Crippen molar-refractivity contribution in [2.24, 2.45) is 0 Å². The van der Waals surface area contributed by atoms with E-state index in [1.165, 1.54) is 27.8 Å². The Labute approximate surface area is 128 Å². The van der Waals surface area contributed by atoms with Gasteiger partial charge in [-0.1, -0.05) is 24.3 Å². The van der Waals surface area contributed by atoms with Crippen LogP contribution in [0.15, 0.2) is 36.4 Å². The summed E-state index contributed by atoms with van der Waals surface area (Å²) in [6.07, 6.45) is 0. The lowest BCUT2D eigenvalue weighted by Gasteiger charge is -2.17. The Morgan fingerprint density at radius 1 is 0.952 bits per heavy atom. The first-order chi connectivity index (χ1) is 10.0. The SMILES string of the molecule is COc1ccc(C(C)NCc2cc(C)c(C)cc2C)cc1. The molecule has 2 heteroatoms. The molecule has 0 aliphatic rings. The second kappa shape index (κ2) is 6.77. The molecular formula is C19H25NO. The summed E-state index contributed by atoms with van der Waals surface area (Å²) in [6, 6.07) is 13.1. The molecule has 1 unspecified atom stereocenters. The maximum absolute atomic E-state index is 5.20. The zero-order chi connectivity index (χ0) is 15.4. The van der Waals surface area contributed by atoms with Gasteiger partial charge in [0.2, 0.25) is 0 Å². The molecule has 0 heterocycles. The van der Waals surface area contributed by atoms with Crippen LogP contribution < -0.4 is 10.1 Å². The first kappa shape index (κ1) is 15.6. The molecule has 0 amide bonds. The molecule has 0 fully saturated rings. The molecule has 0 aliphatic heterocycles. The van der Waals surface area contributed by atoms with Crippen molar-refractivity contribution in [1.82, 2.24) is 5.32 Å². The molecular weight excluding hydrogens is 258 g/mol. The minimum Gasteiger partial charge on any atom is -0.497 e. The van der Waals surface area contributed by atoms with Crippen molar-refractivity contribution in [2.75, 3.05) is 7.11 Å². The average molecular weight is 283 g/mol. The number of benzene rings is 2. The van der Waals surface area contributed by atoms with E-state index in [2.05, 4.69) is 57.3 Å². The third-order valence-electron chi connectivity index (χ3n) is 4.17. The molecule has 2 aromatic rings. The Kier molecular flexibility index (Phi) is 5.03. The van der Waals surface area contributed by atoms with Crippen LogP contribution in [0.1, 0.15) is 40.8 Å². The van der Waals surface area contributed by atoms with Crippen molar-refractivity contribution in [3.63, 3.8) is 0 Å². The normalized spacial score (nSPS) is 12.2. The molecule has 21 heavy (non-hydrogen) atoms. The van der Waals surface area contributed by atoms with Crippen molar-refractivity contribution >= 4 is 0 Å². The van der Waals surface area contributed by atoms with Gasteiger partial charge in [0.1, 0.15) is 5.75 Å². The van der Waals surface area contributed by atoms with Crippen LogP contribution in [-0.2, 0) is 6.54 Å². The van der Waals surface area contributed by atoms with Crippen molar-refractivity contribution in [3.8, 4) is 5.75 Å². The predicted octanol–water partition coefficient (Wildman–Crippen LogP) is 4.47. The van der Waals surface area contributed by atoms with Gasteiger partial charge in [0.15, 0.2) is 0 Å². The van der Waals surface area contributed by atoms with Crippen LogP contribution >= 0.6 is 0 Å². The number of nitrogens with one attached hydrogen (secondary N) is 1. The van der Waals surface area contributed by atoms with Crippen LogP contribution in [0.25, 0.3) is 0 Å². The van der Waals surface area contributed by atoms with Gasteiger partial charge in [0.25, 0.3) is 0 Å². The summed E-state index contributed by atoms with van der Waals surface area (Å²) < 4.78 is 5.20. The Hall–Kier alpha value is -1.80. The summed E-state index contributed by atoms with van der Waals surface area (Å²) in [6.45, 7) is 9.60. The van der Waals surface area contributed by atoms with Gasteiger partial charge in [-0.05, 0) is 67.6 Å². The maximum atomic E-state index is 5.20. The minimum atomic E-state index is 0.317. The molecule has 2 nitrogen and oxygen atoms in total. The second-order valence-electron chi connectivity index (χ2n) is 5.74. The summed E-state index contributed by atoms with van der Waals surface area (Å²) in [5.74, 6) is 0.899. The molecule has 0 saturated carbocycles. The topological polar surface area (TPSA) is 21.3 Å². The molecule has 0 bridgehead atoms. The number of hydrogen-bond donors (Lipinski definition) is 1. The van der Waals surface area contributed by atoms with E-state index in [-0.39, 0.29) is 0 Å². The predicted molar refractivity (Wildman–Crippen MR) is 88.9 cm³/mol. The van der Waals surface area contributed by atoms with E-state index < -0.39 is 0 Å². The van der Waals surface area contributed by atoms with Gasteiger partial charge >= 0.3 is 0 Å². The highest BCUT2D eigenvalue weighted by Gasteiger charge is 2.07. The highest BCUT2D eigenvalue weighted by molar-refractivity contribution is 5.36. The summed E-state index contributed by atoms with van der Waals surface area (Å²) in [7, 11) is 1.69. The van der Waals surface area contributed by atoms with Crippen molar-refractivity contribution in [1.29, 1.82) is 0 Å². The average Bonchev–Trinajstić information content (AvgIpc) is 2.49. The largest absolute Gasteiger partial charge is 0.497 e. The molecule has 0 aromatic heterocycles. The lowest BCUT2D eigenvalue weighted by Crippen LogP contribution is -2.18. The lowest BCUT2D eigenvalue weighted by atomic mass is 10.0. The summed E-state index contributed by atoms with van der Waals surface area (Å²) in [5, 5.41) is 3.60. The van der Waals surface area contributed by atoms with Gasteiger partial charge in [-0.2, -0.15) is 0 Å². The van der Waals surface area contributed by atoms with E-state index in [1.54, 1.807) is 7.11 Å². The maximum Gasteiger partial charge on any atom is 0.118 e. The molecule has 1 N–H and O–H groups in total. The third kappa shape index (κ3) is 3.85. The Balaban J connectivity index is 2.03. The molecule has 0 radical (unpaired) electrons. The van der Waals surface area contributed by atoms with Gasteiger partial charge in [0.05, 0.1) is 7.11 Å². The number of ether oxygens (including phenoxy) is 1. The smallest absolute Gasteiger partial charge is 0.118 e. The molecule has 0 aliphatic carbocycles. The summed E-state index contributed by atoms with van der Waals surface area (Å²) >= 11 is 0. The molecule has 1 atom stereocenters. The van der Waals surface area contributed by atoms with Gasteiger partial charge < -0.3 is 10.1 Å². The quantitative estimate of drug-likeness (QED) is 0.874. The first-order valence-corrected chi connectivity index (χ1v) is 7.45. The van der Waals surface area contributed by atoms with Gasteiger partial charge in [-0.15, -0.1) is 0 Å². The fraction of sp³-hybridized carbons (Fsp3) is 0.368. The van der Waals surface area contributed by atoms with Crippen LogP contribution in [-0.4, -0.2) is 7.11 Å². The van der Waals surface area contributed by atoms with Crippen LogP contribution in [0.3, 0.4) is 0 Å². The van der Waals surface area contributed by atoms with Gasteiger partial charge in [0, 0.05) is 12.6 Å². The zero-order valence-electron chi connectivity index (χ0n) is 13.7. The highest BCUT2D eigenvalue weighted by Crippen LogP contribution is 2.19. The fourth-order valence-corrected chi connectivity index (χ4v) is 2.48. The molecule has 0 saturated heterocycles. The lowest BCUT2D eigenvalue weighted by molar-refractivity contribution is 0.414. The number of hydrogen-bond acceptors (Lipinski definition) is 2. The monoisotopic (exact) mass is 283 g/mol. The van der Waals surface area contributed by atoms with Crippen molar-refractivity contribution in [2.45, 2.75) is 40.3 Å². The van der Waals surface area contributed by atoms with Gasteiger partial charge in [-0.3, -0.25) is 0 Å². The Morgan fingerprint density at radius 3 is 2.19 bits per heavy atom. The third-order valence-corrected chi connectivity index (χ3v) is 4.17. The van der Waals surface area contributed by atoms with Gasteiger partial charge in [-0.25, -0.2) is 0 Å². The van der Waals surface area contributed by atoms with Crippen LogP contribution in [0.2, 0.25) is 0 Å². The van der Waals surface area contributed by atoms with E-state index in [1.807, 2.05) is 12.1 Å². The first-order valence-electron chi connectivity index (χ1n) is 7.45. The highest BCUT2D eigenvalue weighted by atomic mass is 16.5. The van der Waals surface area contributed by atoms with E-state index in [4.69, 9.17) is 4.74 Å². The Morgan fingerprint density at radius 2 is 1.57 bits per heavy atom. The summed E-state index contributed by atoms with van der Waals surface area (Å²) in [4.78, 5) is 0. The number of aryl methyl sites for hydroxylation is 3. The molecule has 2 aromatic carbocycles. The van der Waals surface area contributed by atoms with Crippen LogP contribution in [0.4, 0.5) is 0 Å². The van der Waals surface area contributed by atoms with E-state index in [0.717, 1.165) is 12.3 Å². The molecule has 2 rings (SSSR count). The second-order valence-corrected chi connectivity index (χ2v) is 5.74. The van der Waals surface area contributed by atoms with Crippen LogP contribution in [0, 0.1) is 20.8 Å². The Bertz CT molecular complexity index is 602. The van der Waals surface area contributed by atoms with Crippen LogP contribution in [0.5, 0.6) is 5.75 Å². The van der Waals surface area contributed by atoms with Crippen molar-refractivity contribution in [3.05, 3.63) is 64.2 Å². The number of methoxy groups -OCH3 is 1. The van der Waals surface area contributed by atoms with E-state index >= 15 is 0 Å². The van der Waals surface area contributed by atoms with E-state index in [9.17, 15) is 0 Å². The standard InChI is InChI=1S/C19H25NO/c1-13-10-15(3)18(11-14(13)2)12-20-16(4)17-6-8-19(21-5)9-7-17/h6-11,16,20H,12H2,1-5H3. The molecule has 112 valence electrons. The fourth-order valence-electron chi connectivity index (χ4n) is 2.48. The van der Waals surface area contributed by atoms with E-state index in [0.29, 0.717) is 6.04 Å².